The van der Waals surface area contributed by atoms with Crippen LogP contribution in [0.1, 0.15) is 235 Å². The van der Waals surface area contributed by atoms with Gasteiger partial charge in [0, 0.05) is 44.5 Å². The molecule has 99 heavy (non-hydrogen) atoms. The molecule has 0 saturated carbocycles. The molecular formula is C94H118I5+5. The summed E-state index contributed by atoms with van der Waals surface area (Å²) in [5.74, 6) is 1.78. The Morgan fingerprint density at radius 3 is 0.899 bits per heavy atom. The number of hydrogen-bond donors (Lipinski definition) is 0. The fourth-order valence-corrected chi connectivity index (χ4v) is 26.6. The van der Waals surface area contributed by atoms with Crippen molar-refractivity contribution < 1.29 is 106 Å². The zero-order valence-electron chi connectivity index (χ0n) is 64.6. The van der Waals surface area contributed by atoms with Crippen molar-refractivity contribution in [2.24, 2.45) is 0 Å². The Hall–Kier alpha value is -4.15. The van der Waals surface area contributed by atoms with Crippen molar-refractivity contribution in [3.05, 3.63) is 332 Å². The molecule has 0 aliphatic carbocycles. The molecule has 10 rings (SSSR count). The average Bonchev–Trinajstić information content (AvgIpc) is 0.766. The highest BCUT2D eigenvalue weighted by molar-refractivity contribution is 5.40. The first-order valence-corrected chi connectivity index (χ1v) is 46.7. The summed E-state index contributed by atoms with van der Waals surface area (Å²) in [4.78, 5) is 0. The first-order valence-electron chi connectivity index (χ1n) is 35.9. The van der Waals surface area contributed by atoms with E-state index in [1.54, 1.807) is 47.7 Å². The van der Waals surface area contributed by atoms with Crippen molar-refractivity contribution in [2.75, 3.05) is 0 Å². The zero-order valence-corrected chi connectivity index (χ0v) is 75.4. The molecule has 0 atom stereocenters. The molecule has 0 amide bonds. The molecule has 0 nitrogen and oxygen atoms in total. The first-order chi connectivity index (χ1) is 46.7. The molecule has 0 aromatic heterocycles. The van der Waals surface area contributed by atoms with Crippen molar-refractivity contribution in [1.29, 1.82) is 0 Å². The second-order valence-electron chi connectivity index (χ2n) is 30.8. The highest BCUT2D eigenvalue weighted by atomic mass is 127. The van der Waals surface area contributed by atoms with E-state index in [1.807, 2.05) is 0 Å². The molecule has 10 aromatic carbocycles. The largest absolute Gasteiger partial charge is 0.358 e. The van der Waals surface area contributed by atoms with Gasteiger partial charge in [0.2, 0.25) is 10.7 Å². The van der Waals surface area contributed by atoms with Gasteiger partial charge in [-0.25, -0.2) is 0 Å². The van der Waals surface area contributed by atoms with Crippen LogP contribution in [-0.2, 0) is 40.9 Å². The molecular weight excluding hydrogens is 1760 g/mol. The minimum absolute atomic E-state index is 0.0208. The Bertz CT molecular complexity index is 3930. The lowest BCUT2D eigenvalue weighted by Gasteiger charge is -2.29. The van der Waals surface area contributed by atoms with E-state index in [1.165, 1.54) is 60.4 Å². The van der Waals surface area contributed by atoms with Crippen molar-refractivity contribution in [2.45, 2.75) is 225 Å². The number of rotatable bonds is 16. The van der Waals surface area contributed by atoms with Gasteiger partial charge in [0.05, 0.1) is 0 Å². The van der Waals surface area contributed by atoms with Gasteiger partial charge >= 0.3 is 106 Å². The lowest BCUT2D eigenvalue weighted by atomic mass is 9.75. The lowest BCUT2D eigenvalue weighted by Crippen LogP contribution is -3.62. The number of benzene rings is 10. The summed E-state index contributed by atoms with van der Waals surface area (Å²) in [6.07, 6.45) is 3.45. The van der Waals surface area contributed by atoms with Crippen molar-refractivity contribution >= 4 is 0 Å². The number of halogens is 5. The van der Waals surface area contributed by atoms with Crippen molar-refractivity contribution in [3.8, 4) is 0 Å². The molecule has 0 heterocycles. The van der Waals surface area contributed by atoms with Gasteiger partial charge in [-0.15, -0.1) is 0 Å². The maximum atomic E-state index is 2.49. The van der Waals surface area contributed by atoms with Crippen LogP contribution in [0.4, 0.5) is 0 Å². The number of hydrogen-bond acceptors (Lipinski definition) is 0. The topological polar surface area (TPSA) is 0 Å². The molecule has 0 saturated heterocycles. The highest BCUT2D eigenvalue weighted by Gasteiger charge is 2.37. The standard InChI is InChI=1S/C24H34I.C21H28I.C18H22I.C16H18I.C15H16I/c1-22(2,3)17-15-19(23(4,5)6)21(20(16-17)24(7,8)9)25-18-13-11-10-12-14-18;1-14(2)17-12-19(15(3)4)21(20(13-17)16(5)6)22-18-10-8-7-9-11-18;1-4-14-12-15(5-2)18(16(6-3)13-14)19-17-10-8-7-9-11-17;1-16(2,3)13-9-11-15(12-10-13)17-14-7-5-4-6-8-14;1-11-9-12(2)15(13(3)10-11)16-14-7-5-4-6-8-14/h10-16H,1-9H3;7-16H,1-6H3;7-13H,4-6H2,1-3H3;4-12H,1-3H3;4-10H,1-3H3/q5*+1. The van der Waals surface area contributed by atoms with E-state index in [2.05, 4.69) is 391 Å². The summed E-state index contributed by atoms with van der Waals surface area (Å²) in [6, 6.07) is 83.2. The van der Waals surface area contributed by atoms with E-state index in [0.717, 1.165) is 19.3 Å². The van der Waals surface area contributed by atoms with E-state index in [-0.39, 0.29) is 128 Å². The maximum absolute atomic E-state index is 2.49. The van der Waals surface area contributed by atoms with Crippen LogP contribution < -0.4 is 106 Å². The van der Waals surface area contributed by atoms with Gasteiger partial charge in [0.15, 0.2) is 25.0 Å². The molecule has 5 heteroatoms. The number of aryl methyl sites for hydroxylation is 6. The molecule has 0 fully saturated rings. The van der Waals surface area contributed by atoms with Crippen LogP contribution in [0.25, 0.3) is 0 Å². The quantitative estimate of drug-likeness (QED) is 0.0846. The second kappa shape index (κ2) is 39.6. The van der Waals surface area contributed by atoms with Gasteiger partial charge in [-0.3, -0.25) is 0 Å². The Morgan fingerprint density at radius 2 is 0.596 bits per heavy atom. The van der Waals surface area contributed by atoms with Crippen LogP contribution in [0, 0.1) is 56.5 Å². The highest BCUT2D eigenvalue weighted by Crippen LogP contribution is 2.35. The van der Waals surface area contributed by atoms with E-state index >= 15 is 0 Å². The SMILES string of the molecule is CC(C)(C)c1cc(C(C)(C)C)c([I+]c2ccccc2)c(C(C)(C)C)c1.CC(C)(C)c1ccc([I+]c2ccccc2)cc1.CC(C)c1cc(C(C)C)c([I+]c2ccccc2)c(C(C)C)c1.CCc1cc(CC)c([I+]c2ccccc2)c(CC)c1.Cc1cc(C)c([I+]c2ccccc2)c(C)c1. The third-order valence-electron chi connectivity index (χ3n) is 17.1. The summed E-state index contributed by atoms with van der Waals surface area (Å²) < 4.78 is 15.5. The third-order valence-corrected chi connectivity index (χ3v) is 32.8. The summed E-state index contributed by atoms with van der Waals surface area (Å²) in [7, 11) is 0. The van der Waals surface area contributed by atoms with E-state index < -0.39 is 0 Å². The van der Waals surface area contributed by atoms with E-state index in [0.29, 0.717) is 17.8 Å². The van der Waals surface area contributed by atoms with Gasteiger partial charge in [-0.1, -0.05) is 303 Å². The molecule has 0 radical (unpaired) electrons. The van der Waals surface area contributed by atoms with Crippen LogP contribution >= 0.6 is 0 Å². The molecule has 10 aromatic rings. The monoisotopic (exact) mass is 1880 g/mol. The third kappa shape index (κ3) is 26.8. The molecule has 524 valence electrons. The average molecular weight is 1880 g/mol. The Labute approximate surface area is 655 Å². The summed E-state index contributed by atoms with van der Waals surface area (Å²) in [5.41, 5.74) is 20.3. The Morgan fingerprint density at radius 1 is 0.283 bits per heavy atom. The molecule has 0 aliphatic rings. The minimum Gasteiger partial charge on any atom is -0.0619 e. The first kappa shape index (κ1) is 83.8. The van der Waals surface area contributed by atoms with Gasteiger partial charge in [0.1, 0.15) is 0 Å². The summed E-state index contributed by atoms with van der Waals surface area (Å²) in [6.45, 7) is 55.3. The van der Waals surface area contributed by atoms with Gasteiger partial charge in [-0.2, -0.15) is 0 Å². The fraction of sp³-hybridized carbons (Fsp3) is 0.362. The molecule has 0 aliphatic heterocycles. The molecule has 0 N–H and O–H groups in total. The molecule has 0 bridgehead atoms. The van der Waals surface area contributed by atoms with Crippen molar-refractivity contribution in [3.63, 3.8) is 0 Å². The van der Waals surface area contributed by atoms with Crippen LogP contribution in [0.2, 0.25) is 0 Å². The van der Waals surface area contributed by atoms with Crippen LogP contribution in [0.5, 0.6) is 0 Å². The van der Waals surface area contributed by atoms with Crippen LogP contribution in [0.15, 0.2) is 224 Å². The summed E-state index contributed by atoms with van der Waals surface area (Å²) >= 11 is -0.404. The fourth-order valence-electron chi connectivity index (χ4n) is 11.2. The van der Waals surface area contributed by atoms with E-state index in [4.69, 9.17) is 0 Å². The predicted octanol–water partition coefficient (Wildman–Crippen LogP) is 10.2. The van der Waals surface area contributed by atoms with Gasteiger partial charge in [0.25, 0.3) is 0 Å². The second-order valence-corrected chi connectivity index (χ2v) is 45.3. The van der Waals surface area contributed by atoms with E-state index in [9.17, 15) is 0 Å². The normalized spacial score (nSPS) is 11.6. The minimum atomic E-state index is -0.196. The Kier molecular flexibility index (Phi) is 33.6. The molecule has 0 unspecified atom stereocenters. The summed E-state index contributed by atoms with van der Waals surface area (Å²) in [5, 5.41) is 0. The lowest BCUT2D eigenvalue weighted by molar-refractivity contribution is -0.600. The van der Waals surface area contributed by atoms with Gasteiger partial charge in [-0.05, 0) is 174 Å². The Balaban J connectivity index is 0.000000197. The molecule has 0 spiro atoms. The van der Waals surface area contributed by atoms with Crippen LogP contribution in [-0.4, -0.2) is 0 Å². The smallest absolute Gasteiger partial charge is 0.0619 e. The predicted molar refractivity (Wildman–Crippen MR) is 411 cm³/mol. The van der Waals surface area contributed by atoms with Gasteiger partial charge < -0.3 is 0 Å². The zero-order chi connectivity index (χ0) is 72.8. The van der Waals surface area contributed by atoms with Crippen LogP contribution in [0.3, 0.4) is 0 Å². The maximum Gasteiger partial charge on any atom is 0.358 e. The van der Waals surface area contributed by atoms with Crippen molar-refractivity contribution in [1.82, 2.24) is 0 Å².